The zero-order valence-corrected chi connectivity index (χ0v) is 15.3. The van der Waals surface area contributed by atoms with Crippen LogP contribution in [0.1, 0.15) is 98.3 Å². The van der Waals surface area contributed by atoms with Crippen LogP contribution < -0.4 is 5.32 Å². The van der Waals surface area contributed by atoms with Crippen molar-refractivity contribution in [1.29, 1.82) is 0 Å². The standard InChI is InChI=1S/C20H41N/c1-17(2)20(18(3)4)16-21-19-14-12-10-8-6-5-7-9-11-13-15-19/h17-21H,5-16H2,1-4H3. The lowest BCUT2D eigenvalue weighted by molar-refractivity contribution is 0.257. The molecule has 1 aliphatic rings. The Labute approximate surface area is 134 Å². The van der Waals surface area contributed by atoms with Gasteiger partial charge in [0, 0.05) is 6.04 Å². The molecule has 1 aliphatic carbocycles. The minimum absolute atomic E-state index is 0.782. The molecule has 0 aromatic carbocycles. The monoisotopic (exact) mass is 295 g/mol. The molecule has 0 aromatic heterocycles. The summed E-state index contributed by atoms with van der Waals surface area (Å²) in [6, 6.07) is 0.782. The van der Waals surface area contributed by atoms with Gasteiger partial charge in [-0.15, -0.1) is 0 Å². The van der Waals surface area contributed by atoms with E-state index in [2.05, 4.69) is 33.0 Å². The number of hydrogen-bond donors (Lipinski definition) is 1. The zero-order chi connectivity index (χ0) is 15.5. The van der Waals surface area contributed by atoms with Gasteiger partial charge in [0.25, 0.3) is 0 Å². The van der Waals surface area contributed by atoms with Crippen molar-refractivity contribution in [1.82, 2.24) is 5.32 Å². The topological polar surface area (TPSA) is 12.0 Å². The molecule has 0 saturated heterocycles. The second-order valence-electron chi connectivity index (χ2n) is 8.02. The summed E-state index contributed by atoms with van der Waals surface area (Å²) in [6.45, 7) is 10.8. The lowest BCUT2D eigenvalue weighted by Gasteiger charge is -2.28. The maximum absolute atomic E-state index is 3.94. The quantitative estimate of drug-likeness (QED) is 0.639. The van der Waals surface area contributed by atoms with Crippen molar-refractivity contribution in [3.8, 4) is 0 Å². The van der Waals surface area contributed by atoms with Gasteiger partial charge in [-0.3, -0.25) is 0 Å². The van der Waals surface area contributed by atoms with E-state index in [4.69, 9.17) is 0 Å². The van der Waals surface area contributed by atoms with Gasteiger partial charge >= 0.3 is 0 Å². The fraction of sp³-hybridized carbons (Fsp3) is 1.00. The van der Waals surface area contributed by atoms with Crippen LogP contribution in [0.2, 0.25) is 0 Å². The maximum atomic E-state index is 3.94. The molecule has 0 spiro atoms. The van der Waals surface area contributed by atoms with Crippen LogP contribution in [0.5, 0.6) is 0 Å². The first-order valence-corrected chi connectivity index (χ1v) is 9.84. The number of nitrogens with one attached hydrogen (secondary N) is 1. The molecule has 1 heteroatoms. The summed E-state index contributed by atoms with van der Waals surface area (Å²) >= 11 is 0. The Morgan fingerprint density at radius 1 is 0.667 bits per heavy atom. The summed E-state index contributed by atoms with van der Waals surface area (Å²) in [6.07, 6.45) is 15.9. The van der Waals surface area contributed by atoms with Crippen molar-refractivity contribution in [3.63, 3.8) is 0 Å². The van der Waals surface area contributed by atoms with Crippen LogP contribution in [0, 0.1) is 17.8 Å². The van der Waals surface area contributed by atoms with E-state index in [9.17, 15) is 0 Å². The van der Waals surface area contributed by atoms with Gasteiger partial charge in [-0.05, 0) is 37.1 Å². The minimum Gasteiger partial charge on any atom is -0.314 e. The Hall–Kier alpha value is -0.0400. The molecule has 1 nitrogen and oxygen atoms in total. The molecule has 0 bridgehead atoms. The second-order valence-corrected chi connectivity index (χ2v) is 8.02. The van der Waals surface area contributed by atoms with Crippen LogP contribution in [-0.4, -0.2) is 12.6 Å². The predicted molar refractivity (Wildman–Crippen MR) is 95.7 cm³/mol. The molecule has 1 N–H and O–H groups in total. The fourth-order valence-corrected chi connectivity index (χ4v) is 3.91. The van der Waals surface area contributed by atoms with Crippen molar-refractivity contribution in [2.75, 3.05) is 6.54 Å². The van der Waals surface area contributed by atoms with Crippen LogP contribution in [0.15, 0.2) is 0 Å². The summed E-state index contributed by atoms with van der Waals surface area (Å²) in [5, 5.41) is 3.94. The highest BCUT2D eigenvalue weighted by molar-refractivity contribution is 4.74. The third kappa shape index (κ3) is 8.86. The Morgan fingerprint density at radius 2 is 1.05 bits per heavy atom. The average molecular weight is 296 g/mol. The third-order valence-electron chi connectivity index (χ3n) is 5.46. The van der Waals surface area contributed by atoms with E-state index in [1.807, 2.05) is 0 Å². The Morgan fingerprint density at radius 3 is 1.43 bits per heavy atom. The molecular weight excluding hydrogens is 254 g/mol. The van der Waals surface area contributed by atoms with Gasteiger partial charge in [0.1, 0.15) is 0 Å². The normalized spacial score (nSPS) is 20.7. The zero-order valence-electron chi connectivity index (χ0n) is 15.3. The van der Waals surface area contributed by atoms with E-state index < -0.39 is 0 Å². The second kappa shape index (κ2) is 11.5. The summed E-state index contributed by atoms with van der Waals surface area (Å²) in [4.78, 5) is 0. The molecule has 21 heavy (non-hydrogen) atoms. The summed E-state index contributed by atoms with van der Waals surface area (Å²) in [5.74, 6) is 2.42. The number of hydrogen-bond acceptors (Lipinski definition) is 1. The number of rotatable bonds is 5. The van der Waals surface area contributed by atoms with E-state index in [1.165, 1.54) is 77.2 Å². The van der Waals surface area contributed by atoms with Crippen molar-refractivity contribution in [3.05, 3.63) is 0 Å². The van der Waals surface area contributed by atoms with Gasteiger partial charge in [0.2, 0.25) is 0 Å². The van der Waals surface area contributed by atoms with E-state index in [1.54, 1.807) is 0 Å². The molecular formula is C20H41N. The lowest BCUT2D eigenvalue weighted by Crippen LogP contribution is -2.37. The molecule has 0 unspecified atom stereocenters. The third-order valence-corrected chi connectivity index (χ3v) is 5.46. The molecule has 0 aliphatic heterocycles. The first-order chi connectivity index (χ1) is 10.1. The van der Waals surface area contributed by atoms with Gasteiger partial charge in [-0.1, -0.05) is 85.5 Å². The molecule has 0 amide bonds. The predicted octanol–water partition coefficient (Wildman–Crippen LogP) is 6.18. The van der Waals surface area contributed by atoms with Gasteiger partial charge in [0.05, 0.1) is 0 Å². The Balaban J connectivity index is 2.36. The van der Waals surface area contributed by atoms with Crippen LogP contribution in [0.3, 0.4) is 0 Å². The summed E-state index contributed by atoms with van der Waals surface area (Å²) in [7, 11) is 0. The average Bonchev–Trinajstić information content (AvgIpc) is 2.40. The molecule has 1 saturated carbocycles. The Kier molecular flexibility index (Phi) is 10.4. The summed E-state index contributed by atoms with van der Waals surface area (Å²) < 4.78 is 0. The SMILES string of the molecule is CC(C)C(CNC1CCCCCCCCCCC1)C(C)C. The van der Waals surface area contributed by atoms with Gasteiger partial charge in [-0.2, -0.15) is 0 Å². The molecule has 0 radical (unpaired) electrons. The maximum Gasteiger partial charge on any atom is 0.00671 e. The van der Waals surface area contributed by atoms with E-state index in [0.29, 0.717) is 0 Å². The van der Waals surface area contributed by atoms with Gasteiger partial charge in [0.15, 0.2) is 0 Å². The van der Waals surface area contributed by atoms with E-state index in [0.717, 1.165) is 23.8 Å². The first kappa shape index (κ1) is 19.0. The first-order valence-electron chi connectivity index (χ1n) is 9.84. The van der Waals surface area contributed by atoms with Crippen molar-refractivity contribution in [2.45, 2.75) is 104 Å². The van der Waals surface area contributed by atoms with Crippen molar-refractivity contribution < 1.29 is 0 Å². The van der Waals surface area contributed by atoms with Gasteiger partial charge < -0.3 is 5.32 Å². The minimum atomic E-state index is 0.782. The smallest absolute Gasteiger partial charge is 0.00671 e. The molecule has 1 rings (SSSR count). The van der Waals surface area contributed by atoms with E-state index in [-0.39, 0.29) is 0 Å². The van der Waals surface area contributed by atoms with Crippen molar-refractivity contribution in [2.24, 2.45) is 17.8 Å². The largest absolute Gasteiger partial charge is 0.314 e. The Bertz CT molecular complexity index is 214. The fourth-order valence-electron chi connectivity index (χ4n) is 3.91. The molecule has 0 aromatic rings. The van der Waals surface area contributed by atoms with Gasteiger partial charge in [-0.25, -0.2) is 0 Å². The molecule has 126 valence electrons. The highest BCUT2D eigenvalue weighted by atomic mass is 14.9. The van der Waals surface area contributed by atoms with Crippen LogP contribution in [-0.2, 0) is 0 Å². The molecule has 0 atom stereocenters. The highest BCUT2D eigenvalue weighted by Crippen LogP contribution is 2.21. The van der Waals surface area contributed by atoms with E-state index >= 15 is 0 Å². The highest BCUT2D eigenvalue weighted by Gasteiger charge is 2.19. The van der Waals surface area contributed by atoms with Crippen LogP contribution in [0.4, 0.5) is 0 Å². The van der Waals surface area contributed by atoms with Crippen LogP contribution >= 0.6 is 0 Å². The van der Waals surface area contributed by atoms with Crippen LogP contribution in [0.25, 0.3) is 0 Å². The molecule has 1 fully saturated rings. The van der Waals surface area contributed by atoms with Crippen molar-refractivity contribution >= 4 is 0 Å². The lowest BCUT2D eigenvalue weighted by atomic mass is 9.85. The molecule has 0 heterocycles. The summed E-state index contributed by atoms with van der Waals surface area (Å²) in [5.41, 5.74) is 0.